The summed E-state index contributed by atoms with van der Waals surface area (Å²) < 4.78 is 42.8. The third-order valence-corrected chi connectivity index (χ3v) is 7.18. The predicted octanol–water partition coefficient (Wildman–Crippen LogP) is 4.90. The van der Waals surface area contributed by atoms with Gasteiger partial charge < -0.3 is 13.7 Å². The van der Waals surface area contributed by atoms with Crippen LogP contribution >= 0.6 is 38.5 Å². The Labute approximate surface area is 234 Å². The molecule has 14 heteroatoms. The van der Waals surface area contributed by atoms with E-state index in [-0.39, 0.29) is 34.3 Å². The zero-order valence-corrected chi connectivity index (χ0v) is 23.9. The van der Waals surface area contributed by atoms with E-state index in [4.69, 9.17) is 13.7 Å². The molecule has 0 fully saturated rings. The molecule has 37 heavy (non-hydrogen) atoms. The maximum Gasteiger partial charge on any atom is 0.339 e. The molecule has 194 valence electrons. The predicted molar refractivity (Wildman–Crippen MR) is 147 cm³/mol. The van der Waals surface area contributed by atoms with Gasteiger partial charge in [0.05, 0.1) is 34.0 Å². The van der Waals surface area contributed by atoms with Crippen molar-refractivity contribution in [3.05, 3.63) is 83.9 Å². The van der Waals surface area contributed by atoms with E-state index in [0.717, 1.165) is 24.3 Å². The van der Waals surface area contributed by atoms with Crippen molar-refractivity contribution >= 4 is 66.4 Å². The first-order valence-electron chi connectivity index (χ1n) is 10.4. The van der Waals surface area contributed by atoms with Gasteiger partial charge >= 0.3 is 10.1 Å². The standard InChI is InChI=1S/C23H19BrIN3O8S/c1-3-35-21-11-14(13-26-27-23(29)18-12-15(24)4-9-20(18)34-2)10-19(25)22(21)36-37(32,33)17-7-5-16(6-8-17)28(30)31/h4-13H,3H2,1-2H3,(H,27,29)/b26-13-. The SMILES string of the molecule is CCOc1cc(/C=N\NC(=O)c2cc(Br)ccc2OC)cc(I)c1OS(=O)(=O)c1ccc([N+](=O)[O-])cc1. The van der Waals surface area contributed by atoms with Crippen molar-refractivity contribution in [3.8, 4) is 17.2 Å². The van der Waals surface area contributed by atoms with Crippen LogP contribution < -0.4 is 19.1 Å². The number of nitro benzene ring substituents is 1. The minimum absolute atomic E-state index is 0.0548. The van der Waals surface area contributed by atoms with Gasteiger partial charge in [-0.1, -0.05) is 15.9 Å². The summed E-state index contributed by atoms with van der Waals surface area (Å²) in [5, 5.41) is 14.8. The highest BCUT2D eigenvalue weighted by Crippen LogP contribution is 2.36. The van der Waals surface area contributed by atoms with Crippen molar-refractivity contribution in [3.63, 3.8) is 0 Å². The molecule has 0 aliphatic heterocycles. The highest BCUT2D eigenvalue weighted by Gasteiger charge is 2.23. The molecular formula is C23H19BrIN3O8S. The lowest BCUT2D eigenvalue weighted by Gasteiger charge is -2.14. The van der Waals surface area contributed by atoms with E-state index in [1.807, 2.05) is 22.6 Å². The van der Waals surface area contributed by atoms with Crippen LogP contribution in [-0.4, -0.2) is 39.2 Å². The number of non-ortho nitro benzene ring substituents is 1. The molecule has 0 bridgehead atoms. The highest BCUT2D eigenvalue weighted by molar-refractivity contribution is 14.1. The lowest BCUT2D eigenvalue weighted by Crippen LogP contribution is -2.18. The summed E-state index contributed by atoms with van der Waals surface area (Å²) in [5.41, 5.74) is 2.94. The van der Waals surface area contributed by atoms with Gasteiger partial charge in [0.2, 0.25) is 0 Å². The van der Waals surface area contributed by atoms with Gasteiger partial charge in [-0.05, 0) is 77.5 Å². The number of hydrogen-bond acceptors (Lipinski definition) is 9. The fraction of sp³-hybridized carbons (Fsp3) is 0.130. The van der Waals surface area contributed by atoms with Crippen LogP contribution in [0, 0.1) is 13.7 Å². The molecule has 0 heterocycles. The second-order valence-corrected chi connectivity index (χ2v) is 10.7. The summed E-state index contributed by atoms with van der Waals surface area (Å²) in [6, 6.07) is 12.4. The molecule has 0 spiro atoms. The van der Waals surface area contributed by atoms with Crippen LogP contribution in [0.15, 0.2) is 69.1 Å². The van der Waals surface area contributed by atoms with Gasteiger partial charge in [0.15, 0.2) is 11.5 Å². The molecule has 0 saturated carbocycles. The molecule has 0 unspecified atom stereocenters. The number of methoxy groups -OCH3 is 1. The smallest absolute Gasteiger partial charge is 0.339 e. The van der Waals surface area contributed by atoms with Gasteiger partial charge in [0.25, 0.3) is 11.6 Å². The quantitative estimate of drug-likeness (QED) is 0.103. The van der Waals surface area contributed by atoms with Gasteiger partial charge in [-0.25, -0.2) is 5.43 Å². The van der Waals surface area contributed by atoms with Crippen molar-refractivity contribution in [1.82, 2.24) is 5.43 Å². The van der Waals surface area contributed by atoms with Crippen LogP contribution in [0.3, 0.4) is 0 Å². The molecule has 3 aromatic rings. The molecule has 0 radical (unpaired) electrons. The van der Waals surface area contributed by atoms with Crippen LogP contribution in [0.2, 0.25) is 0 Å². The zero-order valence-electron chi connectivity index (χ0n) is 19.3. The van der Waals surface area contributed by atoms with E-state index in [0.29, 0.717) is 19.4 Å². The molecule has 3 aromatic carbocycles. The van der Waals surface area contributed by atoms with Crippen molar-refractivity contribution in [2.24, 2.45) is 5.10 Å². The van der Waals surface area contributed by atoms with E-state index in [1.165, 1.54) is 19.4 Å². The average molecular weight is 704 g/mol. The minimum Gasteiger partial charge on any atom is -0.496 e. The fourth-order valence-electron chi connectivity index (χ4n) is 2.98. The first-order valence-corrected chi connectivity index (χ1v) is 13.7. The number of nitrogens with zero attached hydrogens (tertiary/aromatic N) is 2. The Morgan fingerprint density at radius 2 is 1.86 bits per heavy atom. The average Bonchev–Trinajstić information content (AvgIpc) is 2.86. The third kappa shape index (κ3) is 7.17. The Kier molecular flexibility index (Phi) is 9.45. The summed E-state index contributed by atoms with van der Waals surface area (Å²) in [6.45, 7) is 1.93. The number of amides is 1. The van der Waals surface area contributed by atoms with E-state index < -0.39 is 20.9 Å². The number of nitrogens with one attached hydrogen (secondary N) is 1. The maximum absolute atomic E-state index is 12.8. The summed E-state index contributed by atoms with van der Waals surface area (Å²) in [4.78, 5) is 22.5. The molecule has 11 nitrogen and oxygen atoms in total. The van der Waals surface area contributed by atoms with E-state index in [2.05, 4.69) is 26.5 Å². The number of ether oxygens (including phenoxy) is 2. The van der Waals surface area contributed by atoms with Gasteiger partial charge in [-0.3, -0.25) is 14.9 Å². The lowest BCUT2D eigenvalue weighted by molar-refractivity contribution is -0.384. The van der Waals surface area contributed by atoms with Crippen molar-refractivity contribution in [2.45, 2.75) is 11.8 Å². The second kappa shape index (κ2) is 12.3. The number of nitro groups is 1. The van der Waals surface area contributed by atoms with Crippen molar-refractivity contribution in [1.29, 1.82) is 0 Å². The monoisotopic (exact) mass is 703 g/mol. The number of rotatable bonds is 10. The van der Waals surface area contributed by atoms with Crippen LogP contribution in [0.25, 0.3) is 0 Å². The molecule has 0 aliphatic carbocycles. The molecule has 3 rings (SSSR count). The second-order valence-electron chi connectivity index (χ2n) is 7.10. The number of hydrazone groups is 1. The van der Waals surface area contributed by atoms with E-state index in [9.17, 15) is 23.3 Å². The third-order valence-electron chi connectivity index (χ3n) is 4.65. The van der Waals surface area contributed by atoms with Gasteiger partial charge in [-0.2, -0.15) is 13.5 Å². The van der Waals surface area contributed by atoms with Crippen molar-refractivity contribution < 1.29 is 31.8 Å². The maximum atomic E-state index is 12.8. The van der Waals surface area contributed by atoms with Crippen molar-refractivity contribution in [2.75, 3.05) is 13.7 Å². The molecule has 1 N–H and O–H groups in total. The minimum atomic E-state index is -4.31. The summed E-state index contributed by atoms with van der Waals surface area (Å²) in [6.07, 6.45) is 1.36. The summed E-state index contributed by atoms with van der Waals surface area (Å²) >= 11 is 5.19. The highest BCUT2D eigenvalue weighted by atomic mass is 127. The van der Waals surface area contributed by atoms with Crippen LogP contribution in [-0.2, 0) is 10.1 Å². The largest absolute Gasteiger partial charge is 0.496 e. The van der Waals surface area contributed by atoms with E-state index in [1.54, 1.807) is 31.2 Å². The number of carbonyl (C=O) groups is 1. The van der Waals surface area contributed by atoms with Crippen LogP contribution in [0.1, 0.15) is 22.8 Å². The van der Waals surface area contributed by atoms with E-state index >= 15 is 0 Å². The molecule has 0 aliphatic rings. The molecule has 0 atom stereocenters. The van der Waals surface area contributed by atoms with Crippen LogP contribution in [0.4, 0.5) is 5.69 Å². The first kappa shape index (κ1) is 28.3. The molecule has 0 aromatic heterocycles. The zero-order chi connectivity index (χ0) is 27.2. The Morgan fingerprint density at radius 3 is 2.49 bits per heavy atom. The van der Waals surface area contributed by atoms with Gasteiger partial charge in [0, 0.05) is 16.6 Å². The molecule has 0 saturated heterocycles. The normalized spacial score (nSPS) is 11.2. The number of hydrogen-bond donors (Lipinski definition) is 1. The Hall–Kier alpha value is -3.24. The summed E-state index contributed by atoms with van der Waals surface area (Å²) in [5.74, 6) is -0.0507. The topological polar surface area (TPSA) is 146 Å². The fourth-order valence-corrected chi connectivity index (χ4v) is 5.18. The van der Waals surface area contributed by atoms with Crippen LogP contribution in [0.5, 0.6) is 17.2 Å². The van der Waals surface area contributed by atoms with Gasteiger partial charge in [-0.15, -0.1) is 0 Å². The van der Waals surface area contributed by atoms with Gasteiger partial charge in [0.1, 0.15) is 10.6 Å². The Morgan fingerprint density at radius 1 is 1.16 bits per heavy atom. The first-order chi connectivity index (χ1) is 17.6. The number of carbonyl (C=O) groups excluding carboxylic acids is 1. The Bertz CT molecular complexity index is 1460. The molecular weight excluding hydrogens is 685 g/mol. The lowest BCUT2D eigenvalue weighted by atomic mass is 10.2. The Balaban J connectivity index is 1.83. The number of halogens is 2. The number of benzene rings is 3. The summed E-state index contributed by atoms with van der Waals surface area (Å²) in [7, 11) is -2.86. The molecule has 1 amide bonds.